The summed E-state index contributed by atoms with van der Waals surface area (Å²) in [6.07, 6.45) is 7.82. The van der Waals surface area contributed by atoms with Crippen LogP contribution in [0, 0.1) is 0 Å². The molecule has 0 aliphatic heterocycles. The monoisotopic (exact) mass is 344 g/mol. The highest BCUT2D eigenvalue weighted by atomic mass is 16.2. The van der Waals surface area contributed by atoms with Crippen molar-refractivity contribution in [3.05, 3.63) is 73.1 Å². The summed E-state index contributed by atoms with van der Waals surface area (Å²) in [5.74, 6) is 0.372. The number of amides is 1. The molecule has 0 saturated carbocycles. The molecule has 0 radical (unpaired) electrons. The molecule has 4 aromatic heterocycles. The molecule has 4 rings (SSSR count). The summed E-state index contributed by atoms with van der Waals surface area (Å²) < 4.78 is 1.41. The van der Waals surface area contributed by atoms with Gasteiger partial charge in [-0.3, -0.25) is 14.8 Å². The normalized spacial score (nSPS) is 10.5. The van der Waals surface area contributed by atoms with E-state index in [1.54, 1.807) is 49.1 Å². The van der Waals surface area contributed by atoms with Crippen LogP contribution >= 0.6 is 0 Å². The number of anilines is 1. The molecule has 0 aliphatic carbocycles. The number of nitrogens with zero attached hydrogens (tertiary/aromatic N) is 7. The molecular weight excluding hydrogens is 332 g/mol. The van der Waals surface area contributed by atoms with E-state index < -0.39 is 5.91 Å². The summed E-state index contributed by atoms with van der Waals surface area (Å²) in [7, 11) is 0. The number of pyridine rings is 2. The Morgan fingerprint density at radius 1 is 0.962 bits per heavy atom. The van der Waals surface area contributed by atoms with Crippen LogP contribution in [-0.4, -0.2) is 40.8 Å². The number of hydrogen-bond acceptors (Lipinski definition) is 7. The number of nitrogens with one attached hydrogen (secondary N) is 1. The van der Waals surface area contributed by atoms with Gasteiger partial charge in [-0.25, -0.2) is 14.6 Å². The van der Waals surface area contributed by atoms with Crippen LogP contribution in [0.15, 0.2) is 67.4 Å². The standard InChI is InChI=1S/C17H12N8O/c26-17(14-11-21-24-25(14)12-4-3-7-18-10-12)23-15-6-9-20-16(22-15)13-5-1-2-8-19-13/h1-11H,(H,20,22,23,26). The third-order valence-electron chi connectivity index (χ3n) is 3.46. The van der Waals surface area contributed by atoms with Gasteiger partial charge in [-0.15, -0.1) is 5.10 Å². The van der Waals surface area contributed by atoms with Crippen LogP contribution < -0.4 is 5.32 Å². The van der Waals surface area contributed by atoms with Gasteiger partial charge in [0.2, 0.25) is 0 Å². The molecule has 0 aliphatic rings. The maximum atomic E-state index is 12.6. The molecule has 0 unspecified atom stereocenters. The van der Waals surface area contributed by atoms with Crippen molar-refractivity contribution in [2.45, 2.75) is 0 Å². The Morgan fingerprint density at radius 3 is 2.73 bits per heavy atom. The first kappa shape index (κ1) is 15.5. The van der Waals surface area contributed by atoms with Crippen LogP contribution in [0.25, 0.3) is 17.2 Å². The highest BCUT2D eigenvalue weighted by molar-refractivity contribution is 6.02. The van der Waals surface area contributed by atoms with E-state index in [4.69, 9.17) is 0 Å². The Balaban J connectivity index is 1.60. The van der Waals surface area contributed by atoms with E-state index in [-0.39, 0.29) is 5.69 Å². The van der Waals surface area contributed by atoms with Crippen molar-refractivity contribution in [2.75, 3.05) is 5.32 Å². The summed E-state index contributed by atoms with van der Waals surface area (Å²) >= 11 is 0. The summed E-state index contributed by atoms with van der Waals surface area (Å²) in [6.45, 7) is 0. The van der Waals surface area contributed by atoms with E-state index in [2.05, 4.69) is 35.6 Å². The third kappa shape index (κ3) is 3.13. The molecule has 1 N–H and O–H groups in total. The van der Waals surface area contributed by atoms with Crippen LogP contribution in [0.2, 0.25) is 0 Å². The van der Waals surface area contributed by atoms with Crippen molar-refractivity contribution < 1.29 is 4.79 Å². The van der Waals surface area contributed by atoms with Crippen LogP contribution in [0.4, 0.5) is 5.82 Å². The second kappa shape index (κ2) is 6.85. The summed E-state index contributed by atoms with van der Waals surface area (Å²) in [4.78, 5) is 29.3. The predicted octanol–water partition coefficient (Wildman–Crippen LogP) is 1.77. The second-order valence-electron chi connectivity index (χ2n) is 5.18. The van der Waals surface area contributed by atoms with E-state index in [0.29, 0.717) is 23.0 Å². The molecule has 0 aromatic carbocycles. The van der Waals surface area contributed by atoms with E-state index in [9.17, 15) is 4.79 Å². The molecule has 4 heterocycles. The Kier molecular flexibility index (Phi) is 4.09. The predicted molar refractivity (Wildman–Crippen MR) is 92.4 cm³/mol. The van der Waals surface area contributed by atoms with E-state index in [1.807, 2.05) is 12.1 Å². The number of carbonyl (C=O) groups is 1. The van der Waals surface area contributed by atoms with Crippen molar-refractivity contribution in [3.8, 4) is 17.2 Å². The Morgan fingerprint density at radius 2 is 1.92 bits per heavy atom. The van der Waals surface area contributed by atoms with Gasteiger partial charge in [0.05, 0.1) is 18.1 Å². The maximum Gasteiger partial charge on any atom is 0.277 e. The lowest BCUT2D eigenvalue weighted by Crippen LogP contribution is -2.18. The SMILES string of the molecule is O=C(Nc1ccnc(-c2ccccn2)n1)c1cnnn1-c1cccnc1. The zero-order valence-electron chi connectivity index (χ0n) is 13.4. The fourth-order valence-corrected chi connectivity index (χ4v) is 2.29. The van der Waals surface area contributed by atoms with E-state index in [1.165, 1.54) is 10.9 Å². The Bertz CT molecular complexity index is 1030. The molecule has 0 fully saturated rings. The molecular formula is C17H12N8O. The highest BCUT2D eigenvalue weighted by Crippen LogP contribution is 2.14. The van der Waals surface area contributed by atoms with E-state index >= 15 is 0 Å². The average molecular weight is 344 g/mol. The van der Waals surface area contributed by atoms with Crippen LogP contribution in [0.1, 0.15) is 10.5 Å². The third-order valence-corrected chi connectivity index (χ3v) is 3.46. The van der Waals surface area contributed by atoms with Crippen LogP contribution in [0.3, 0.4) is 0 Å². The first-order valence-corrected chi connectivity index (χ1v) is 7.68. The minimum atomic E-state index is -0.399. The quantitative estimate of drug-likeness (QED) is 0.600. The molecule has 0 spiro atoms. The van der Waals surface area contributed by atoms with Gasteiger partial charge in [0.15, 0.2) is 11.5 Å². The van der Waals surface area contributed by atoms with Crippen molar-refractivity contribution in [1.29, 1.82) is 0 Å². The molecule has 4 aromatic rings. The smallest absolute Gasteiger partial charge is 0.277 e. The van der Waals surface area contributed by atoms with Gasteiger partial charge in [-0.1, -0.05) is 11.3 Å². The van der Waals surface area contributed by atoms with Gasteiger partial charge in [-0.05, 0) is 30.3 Å². The molecule has 9 heteroatoms. The van der Waals surface area contributed by atoms with Gasteiger partial charge in [0.25, 0.3) is 5.91 Å². The topological polar surface area (TPSA) is 111 Å². The maximum absolute atomic E-state index is 12.6. The first-order valence-electron chi connectivity index (χ1n) is 7.68. The molecule has 1 amide bonds. The zero-order valence-corrected chi connectivity index (χ0v) is 13.4. The molecule has 0 bridgehead atoms. The molecule has 126 valence electrons. The lowest BCUT2D eigenvalue weighted by Gasteiger charge is -2.07. The van der Waals surface area contributed by atoms with Crippen molar-refractivity contribution in [2.24, 2.45) is 0 Å². The van der Waals surface area contributed by atoms with Gasteiger partial charge in [0, 0.05) is 18.6 Å². The number of aromatic nitrogens is 7. The summed E-state index contributed by atoms with van der Waals surface area (Å²) in [5.41, 5.74) is 1.51. The summed E-state index contributed by atoms with van der Waals surface area (Å²) in [5, 5.41) is 10.5. The Hall–Kier alpha value is -4.01. The van der Waals surface area contributed by atoms with Crippen molar-refractivity contribution in [1.82, 2.24) is 34.9 Å². The molecule has 9 nitrogen and oxygen atoms in total. The summed E-state index contributed by atoms with van der Waals surface area (Å²) in [6, 6.07) is 10.6. The Labute approximate surface area is 147 Å². The second-order valence-corrected chi connectivity index (χ2v) is 5.18. The minimum Gasteiger partial charge on any atom is -0.305 e. The minimum absolute atomic E-state index is 0.260. The lowest BCUT2D eigenvalue weighted by molar-refractivity contribution is 0.101. The molecule has 0 atom stereocenters. The average Bonchev–Trinajstić information content (AvgIpc) is 3.20. The first-order chi connectivity index (χ1) is 12.8. The number of hydrogen-bond donors (Lipinski definition) is 1. The van der Waals surface area contributed by atoms with E-state index in [0.717, 1.165) is 0 Å². The number of rotatable bonds is 4. The van der Waals surface area contributed by atoms with Crippen LogP contribution in [-0.2, 0) is 0 Å². The fraction of sp³-hybridized carbons (Fsp3) is 0. The fourth-order valence-electron chi connectivity index (χ4n) is 2.29. The largest absolute Gasteiger partial charge is 0.305 e. The van der Waals surface area contributed by atoms with Crippen LogP contribution in [0.5, 0.6) is 0 Å². The zero-order chi connectivity index (χ0) is 17.8. The van der Waals surface area contributed by atoms with Crippen molar-refractivity contribution in [3.63, 3.8) is 0 Å². The van der Waals surface area contributed by atoms with Crippen molar-refractivity contribution >= 4 is 11.7 Å². The highest BCUT2D eigenvalue weighted by Gasteiger charge is 2.16. The number of carbonyl (C=O) groups excluding carboxylic acids is 1. The molecule has 0 saturated heterocycles. The van der Waals surface area contributed by atoms with Gasteiger partial charge < -0.3 is 5.32 Å². The molecule has 26 heavy (non-hydrogen) atoms. The van der Waals surface area contributed by atoms with Gasteiger partial charge in [0.1, 0.15) is 11.5 Å². The lowest BCUT2D eigenvalue weighted by atomic mass is 10.3. The van der Waals surface area contributed by atoms with Gasteiger partial charge >= 0.3 is 0 Å². The van der Waals surface area contributed by atoms with Gasteiger partial charge in [-0.2, -0.15) is 0 Å².